The van der Waals surface area contributed by atoms with Gasteiger partial charge in [-0.25, -0.2) is 0 Å². The van der Waals surface area contributed by atoms with Gasteiger partial charge in [0, 0.05) is 22.9 Å². The number of benzene rings is 2. The van der Waals surface area contributed by atoms with Crippen molar-refractivity contribution in [2.24, 2.45) is 0 Å². The highest BCUT2D eigenvalue weighted by Crippen LogP contribution is 2.26. The molecular weight excluding hydrogens is 478 g/mol. The van der Waals surface area contributed by atoms with Crippen LogP contribution in [0.4, 0.5) is 5.69 Å². The standard InChI is InChI=1S/C23H28BrN3O3S/c1-4-6-13-30-20-12-9-17(14-19(20)24)22(29)27-23(31)26-18-10-7-16(8-11-18)21(28)25-15(3)5-2/h7-12,14-15H,4-6,13H2,1-3H3,(H,25,28)(H2,26,27,29,31). The van der Waals surface area contributed by atoms with Crippen LogP contribution in [0.3, 0.4) is 0 Å². The van der Waals surface area contributed by atoms with Crippen molar-refractivity contribution < 1.29 is 14.3 Å². The molecule has 2 aromatic carbocycles. The van der Waals surface area contributed by atoms with Gasteiger partial charge in [-0.05, 0) is 90.4 Å². The van der Waals surface area contributed by atoms with Crippen molar-refractivity contribution in [1.29, 1.82) is 0 Å². The summed E-state index contributed by atoms with van der Waals surface area (Å²) in [6, 6.07) is 12.2. The fourth-order valence-electron chi connectivity index (χ4n) is 2.54. The third-order valence-corrected chi connectivity index (χ3v) is 5.40. The number of carbonyl (C=O) groups is 2. The molecule has 0 saturated carbocycles. The van der Waals surface area contributed by atoms with Crippen LogP contribution >= 0.6 is 28.1 Å². The van der Waals surface area contributed by atoms with Gasteiger partial charge in [0.05, 0.1) is 11.1 Å². The van der Waals surface area contributed by atoms with Crippen molar-refractivity contribution >= 4 is 50.8 Å². The smallest absolute Gasteiger partial charge is 0.257 e. The highest BCUT2D eigenvalue weighted by molar-refractivity contribution is 9.10. The Morgan fingerprint density at radius 3 is 2.35 bits per heavy atom. The lowest BCUT2D eigenvalue weighted by atomic mass is 10.1. The summed E-state index contributed by atoms with van der Waals surface area (Å²) in [5.41, 5.74) is 1.69. The number of halogens is 1. The molecule has 0 aliphatic heterocycles. The maximum atomic E-state index is 12.5. The molecule has 0 aliphatic carbocycles. The van der Waals surface area contributed by atoms with Gasteiger partial charge < -0.3 is 15.4 Å². The molecule has 1 atom stereocenters. The Bertz CT molecular complexity index is 919. The van der Waals surface area contributed by atoms with Gasteiger partial charge in [-0.15, -0.1) is 0 Å². The monoisotopic (exact) mass is 505 g/mol. The van der Waals surface area contributed by atoms with Gasteiger partial charge in [-0.1, -0.05) is 20.3 Å². The van der Waals surface area contributed by atoms with E-state index in [1.807, 2.05) is 13.8 Å². The van der Waals surface area contributed by atoms with E-state index in [1.165, 1.54) is 0 Å². The normalized spacial score (nSPS) is 11.4. The first-order valence-electron chi connectivity index (χ1n) is 10.3. The summed E-state index contributed by atoms with van der Waals surface area (Å²) in [7, 11) is 0. The Morgan fingerprint density at radius 1 is 1.06 bits per heavy atom. The Balaban J connectivity index is 1.91. The van der Waals surface area contributed by atoms with Crippen LogP contribution in [-0.4, -0.2) is 29.6 Å². The van der Waals surface area contributed by atoms with Crippen LogP contribution in [0.1, 0.15) is 60.7 Å². The van der Waals surface area contributed by atoms with Gasteiger partial charge in [0.1, 0.15) is 5.75 Å². The average Bonchev–Trinajstić information content (AvgIpc) is 2.75. The Morgan fingerprint density at radius 2 is 1.74 bits per heavy atom. The fraction of sp³-hybridized carbons (Fsp3) is 0.348. The van der Waals surface area contributed by atoms with E-state index in [-0.39, 0.29) is 23.0 Å². The highest BCUT2D eigenvalue weighted by atomic mass is 79.9. The first-order chi connectivity index (χ1) is 14.8. The molecule has 0 aromatic heterocycles. The van der Waals surface area contributed by atoms with Crippen LogP contribution in [0.25, 0.3) is 0 Å². The molecule has 0 radical (unpaired) electrons. The summed E-state index contributed by atoms with van der Waals surface area (Å²) in [5, 5.41) is 8.69. The molecule has 2 rings (SSSR count). The Hall–Kier alpha value is -2.45. The molecule has 1 unspecified atom stereocenters. The van der Waals surface area contributed by atoms with E-state index in [0.717, 1.165) is 19.3 Å². The van der Waals surface area contributed by atoms with Gasteiger partial charge in [0.25, 0.3) is 11.8 Å². The van der Waals surface area contributed by atoms with Crippen LogP contribution in [0.5, 0.6) is 5.75 Å². The maximum absolute atomic E-state index is 12.5. The molecule has 0 bridgehead atoms. The molecule has 3 N–H and O–H groups in total. The van der Waals surface area contributed by atoms with E-state index in [0.29, 0.717) is 33.6 Å². The summed E-state index contributed by atoms with van der Waals surface area (Å²) >= 11 is 8.68. The van der Waals surface area contributed by atoms with Crippen molar-refractivity contribution in [3.05, 3.63) is 58.1 Å². The van der Waals surface area contributed by atoms with Gasteiger partial charge in [0.2, 0.25) is 0 Å². The first-order valence-corrected chi connectivity index (χ1v) is 11.5. The number of hydrogen-bond acceptors (Lipinski definition) is 4. The number of unbranched alkanes of at least 4 members (excludes halogenated alkanes) is 1. The van der Waals surface area contributed by atoms with E-state index in [9.17, 15) is 9.59 Å². The average molecular weight is 506 g/mol. The predicted octanol–water partition coefficient (Wildman–Crippen LogP) is 5.28. The van der Waals surface area contributed by atoms with Crippen LogP contribution in [-0.2, 0) is 0 Å². The second kappa shape index (κ2) is 12.4. The number of amides is 2. The van der Waals surface area contributed by atoms with Crippen molar-refractivity contribution in [1.82, 2.24) is 10.6 Å². The molecule has 8 heteroatoms. The number of carbonyl (C=O) groups excluding carboxylic acids is 2. The Labute approximate surface area is 197 Å². The van der Waals surface area contributed by atoms with E-state index >= 15 is 0 Å². The number of hydrogen-bond donors (Lipinski definition) is 3. The van der Waals surface area contributed by atoms with Gasteiger partial charge in [-0.3, -0.25) is 14.9 Å². The van der Waals surface area contributed by atoms with Crippen molar-refractivity contribution in [2.75, 3.05) is 11.9 Å². The summed E-state index contributed by atoms with van der Waals surface area (Å²) in [5.74, 6) is 0.246. The molecule has 166 valence electrons. The summed E-state index contributed by atoms with van der Waals surface area (Å²) in [4.78, 5) is 24.6. The minimum Gasteiger partial charge on any atom is -0.492 e. The topological polar surface area (TPSA) is 79.5 Å². The third kappa shape index (κ3) is 7.95. The van der Waals surface area contributed by atoms with Crippen LogP contribution in [0, 0.1) is 0 Å². The number of rotatable bonds is 9. The van der Waals surface area contributed by atoms with Crippen molar-refractivity contribution in [2.45, 2.75) is 46.1 Å². The first kappa shape index (κ1) is 24.8. The van der Waals surface area contributed by atoms with Crippen molar-refractivity contribution in [3.63, 3.8) is 0 Å². The molecule has 2 amide bonds. The highest BCUT2D eigenvalue weighted by Gasteiger charge is 2.12. The molecule has 2 aromatic rings. The number of nitrogens with one attached hydrogen (secondary N) is 3. The SMILES string of the molecule is CCCCOc1ccc(C(=O)NC(=S)Nc2ccc(C(=O)NC(C)CC)cc2)cc1Br. The quantitative estimate of drug-likeness (QED) is 0.319. The third-order valence-electron chi connectivity index (χ3n) is 4.57. The van der Waals surface area contributed by atoms with Crippen LogP contribution < -0.4 is 20.7 Å². The minimum atomic E-state index is -0.331. The molecular formula is C23H28BrN3O3S. The largest absolute Gasteiger partial charge is 0.492 e. The molecule has 31 heavy (non-hydrogen) atoms. The number of ether oxygens (including phenoxy) is 1. The van der Waals surface area contributed by atoms with Gasteiger partial charge in [0.15, 0.2) is 5.11 Å². The molecule has 0 saturated heterocycles. The lowest BCUT2D eigenvalue weighted by Crippen LogP contribution is -2.34. The summed E-state index contributed by atoms with van der Waals surface area (Å²) in [6.07, 6.45) is 2.89. The fourth-order valence-corrected chi connectivity index (χ4v) is 3.24. The predicted molar refractivity (Wildman–Crippen MR) is 132 cm³/mol. The zero-order chi connectivity index (χ0) is 22.8. The van der Waals surface area contributed by atoms with Crippen molar-refractivity contribution in [3.8, 4) is 5.75 Å². The zero-order valence-corrected chi connectivity index (χ0v) is 20.4. The van der Waals surface area contributed by atoms with Gasteiger partial charge >= 0.3 is 0 Å². The zero-order valence-electron chi connectivity index (χ0n) is 18.0. The summed E-state index contributed by atoms with van der Waals surface area (Å²) in [6.45, 7) is 6.71. The maximum Gasteiger partial charge on any atom is 0.257 e. The molecule has 0 heterocycles. The van der Waals surface area contributed by atoms with Crippen LogP contribution in [0.15, 0.2) is 46.9 Å². The van der Waals surface area contributed by atoms with Gasteiger partial charge in [-0.2, -0.15) is 0 Å². The van der Waals surface area contributed by atoms with E-state index in [2.05, 4.69) is 38.8 Å². The van der Waals surface area contributed by atoms with E-state index in [4.69, 9.17) is 17.0 Å². The Kier molecular flexibility index (Phi) is 9.94. The number of thiocarbonyl (C=S) groups is 1. The lowest BCUT2D eigenvalue weighted by Gasteiger charge is -2.13. The second-order valence-corrected chi connectivity index (χ2v) is 8.38. The molecule has 0 spiro atoms. The summed E-state index contributed by atoms with van der Waals surface area (Å²) < 4.78 is 6.39. The molecule has 6 nitrogen and oxygen atoms in total. The molecule has 0 aliphatic rings. The number of anilines is 1. The van der Waals surface area contributed by atoms with E-state index in [1.54, 1.807) is 42.5 Å². The second-order valence-electron chi connectivity index (χ2n) is 7.12. The molecule has 0 fully saturated rings. The van der Waals surface area contributed by atoms with E-state index < -0.39 is 0 Å². The minimum absolute atomic E-state index is 0.116. The lowest BCUT2D eigenvalue weighted by molar-refractivity contribution is 0.0937. The van der Waals surface area contributed by atoms with Crippen LogP contribution in [0.2, 0.25) is 0 Å².